The van der Waals surface area contributed by atoms with Gasteiger partial charge < -0.3 is 10.6 Å². The van der Waals surface area contributed by atoms with Crippen LogP contribution in [-0.4, -0.2) is 48.6 Å². The topological polar surface area (TPSA) is 44.4 Å². The molecule has 110 valence electrons. The molecule has 2 aliphatic rings. The molecule has 2 heterocycles. The second-order valence-electron chi connectivity index (χ2n) is 7.18. The lowest BCUT2D eigenvalue weighted by Crippen LogP contribution is -2.51. The molecule has 2 saturated heterocycles. The van der Waals surface area contributed by atoms with E-state index in [0.29, 0.717) is 12.0 Å². The third kappa shape index (κ3) is 3.69. The fourth-order valence-electron chi connectivity index (χ4n) is 3.16. The van der Waals surface area contributed by atoms with Crippen LogP contribution in [0.25, 0.3) is 0 Å². The van der Waals surface area contributed by atoms with Crippen molar-refractivity contribution in [1.82, 2.24) is 15.5 Å². The van der Waals surface area contributed by atoms with Gasteiger partial charge in [-0.05, 0) is 46.1 Å². The molecule has 0 radical (unpaired) electrons. The number of amides is 1. The molecular formula is C15H29N3O. The molecule has 2 fully saturated rings. The van der Waals surface area contributed by atoms with Crippen LogP contribution in [0, 0.1) is 11.8 Å². The minimum Gasteiger partial charge on any atom is -0.353 e. The van der Waals surface area contributed by atoms with Crippen LogP contribution in [0.1, 0.15) is 40.5 Å². The molecule has 2 aliphatic heterocycles. The van der Waals surface area contributed by atoms with Gasteiger partial charge in [0.25, 0.3) is 0 Å². The summed E-state index contributed by atoms with van der Waals surface area (Å²) in [4.78, 5) is 14.7. The summed E-state index contributed by atoms with van der Waals surface area (Å²) >= 11 is 0. The zero-order valence-corrected chi connectivity index (χ0v) is 12.8. The van der Waals surface area contributed by atoms with E-state index in [-0.39, 0.29) is 17.4 Å². The lowest BCUT2D eigenvalue weighted by molar-refractivity contribution is -0.126. The summed E-state index contributed by atoms with van der Waals surface area (Å²) in [5, 5.41) is 6.56. The number of nitrogens with zero attached hydrogens (tertiary/aromatic N) is 1. The normalized spacial score (nSPS) is 30.5. The highest BCUT2D eigenvalue weighted by Crippen LogP contribution is 2.21. The molecule has 0 bridgehead atoms. The number of piperidine rings is 1. The predicted molar refractivity (Wildman–Crippen MR) is 78.0 cm³/mol. The Bertz CT molecular complexity index is 316. The van der Waals surface area contributed by atoms with Gasteiger partial charge in [0.2, 0.25) is 5.91 Å². The van der Waals surface area contributed by atoms with Crippen molar-refractivity contribution < 1.29 is 4.79 Å². The maximum atomic E-state index is 12.2. The molecule has 0 aromatic rings. The Hall–Kier alpha value is -0.610. The molecule has 0 aliphatic carbocycles. The average Bonchev–Trinajstić information content (AvgIpc) is 2.75. The first-order chi connectivity index (χ1) is 8.88. The van der Waals surface area contributed by atoms with Crippen molar-refractivity contribution in [2.75, 3.05) is 26.2 Å². The average molecular weight is 267 g/mol. The van der Waals surface area contributed by atoms with E-state index in [1.54, 1.807) is 0 Å². The zero-order valence-electron chi connectivity index (χ0n) is 12.8. The number of carbonyl (C=O) groups excluding carboxylic acids is 1. The van der Waals surface area contributed by atoms with Crippen molar-refractivity contribution in [2.45, 2.75) is 52.1 Å². The van der Waals surface area contributed by atoms with Gasteiger partial charge in [0.1, 0.15) is 0 Å². The van der Waals surface area contributed by atoms with E-state index in [4.69, 9.17) is 0 Å². The van der Waals surface area contributed by atoms with Gasteiger partial charge in [0, 0.05) is 31.2 Å². The quantitative estimate of drug-likeness (QED) is 0.791. The molecule has 2 atom stereocenters. The summed E-state index contributed by atoms with van der Waals surface area (Å²) in [5.74, 6) is 0.891. The third-order valence-corrected chi connectivity index (χ3v) is 4.64. The number of likely N-dealkylation sites (tertiary alicyclic amines) is 1. The summed E-state index contributed by atoms with van der Waals surface area (Å²) in [6.07, 6.45) is 2.16. The number of carbonyl (C=O) groups is 1. The van der Waals surface area contributed by atoms with Crippen molar-refractivity contribution >= 4 is 5.91 Å². The fraction of sp³-hybridized carbons (Fsp3) is 0.933. The smallest absolute Gasteiger partial charge is 0.224 e. The summed E-state index contributed by atoms with van der Waals surface area (Å²) < 4.78 is 0. The monoisotopic (exact) mass is 267 g/mol. The molecule has 2 N–H and O–H groups in total. The summed E-state index contributed by atoms with van der Waals surface area (Å²) in [5.41, 5.74) is 0.249. The molecule has 0 unspecified atom stereocenters. The van der Waals surface area contributed by atoms with E-state index in [2.05, 4.69) is 43.2 Å². The van der Waals surface area contributed by atoms with Crippen molar-refractivity contribution in [1.29, 1.82) is 0 Å². The van der Waals surface area contributed by atoms with Crippen LogP contribution in [-0.2, 0) is 4.79 Å². The first-order valence-electron chi connectivity index (χ1n) is 7.64. The Morgan fingerprint density at radius 1 is 1.21 bits per heavy atom. The van der Waals surface area contributed by atoms with Gasteiger partial charge in [-0.25, -0.2) is 0 Å². The Labute approximate surface area is 117 Å². The molecule has 0 spiro atoms. The third-order valence-electron chi connectivity index (χ3n) is 4.64. The van der Waals surface area contributed by atoms with Crippen LogP contribution < -0.4 is 10.6 Å². The van der Waals surface area contributed by atoms with Crippen LogP contribution in [0.3, 0.4) is 0 Å². The maximum absolute atomic E-state index is 12.2. The molecule has 2 rings (SSSR count). The first-order valence-corrected chi connectivity index (χ1v) is 7.64. The highest BCUT2D eigenvalue weighted by atomic mass is 16.2. The van der Waals surface area contributed by atoms with E-state index < -0.39 is 0 Å². The summed E-state index contributed by atoms with van der Waals surface area (Å²) in [6.45, 7) is 12.9. The predicted octanol–water partition coefficient (Wildman–Crippen LogP) is 1.22. The standard InChI is InChI=1S/C15H29N3O/c1-11-9-16-10-13(11)14(19)17-12-5-7-18(8-6-12)15(2,3)4/h11-13,16H,5-10H2,1-4H3,(H,17,19)/t11-,13-/m1/s1. The SMILES string of the molecule is C[C@@H]1CNC[C@H]1C(=O)NC1CCN(C(C)(C)C)CC1. The molecule has 4 nitrogen and oxygen atoms in total. The van der Waals surface area contributed by atoms with Crippen molar-refractivity contribution in [3.8, 4) is 0 Å². The fourth-order valence-corrected chi connectivity index (χ4v) is 3.16. The van der Waals surface area contributed by atoms with Crippen molar-refractivity contribution in [3.05, 3.63) is 0 Å². The molecule has 19 heavy (non-hydrogen) atoms. The van der Waals surface area contributed by atoms with Crippen LogP contribution in [0.15, 0.2) is 0 Å². The van der Waals surface area contributed by atoms with Gasteiger partial charge in [-0.2, -0.15) is 0 Å². The number of rotatable bonds is 2. The number of hydrogen-bond acceptors (Lipinski definition) is 3. The maximum Gasteiger partial charge on any atom is 0.224 e. The highest BCUT2D eigenvalue weighted by molar-refractivity contribution is 5.79. The van der Waals surface area contributed by atoms with Gasteiger partial charge in [-0.1, -0.05) is 6.92 Å². The Morgan fingerprint density at radius 3 is 2.32 bits per heavy atom. The highest BCUT2D eigenvalue weighted by Gasteiger charge is 2.32. The first kappa shape index (κ1) is 14.8. The second kappa shape index (κ2) is 5.80. The Morgan fingerprint density at radius 2 is 1.84 bits per heavy atom. The van der Waals surface area contributed by atoms with Crippen LogP contribution in [0.5, 0.6) is 0 Å². The van der Waals surface area contributed by atoms with Crippen molar-refractivity contribution in [3.63, 3.8) is 0 Å². The molecule has 0 aromatic carbocycles. The van der Waals surface area contributed by atoms with Crippen LogP contribution in [0.2, 0.25) is 0 Å². The molecule has 4 heteroatoms. The van der Waals surface area contributed by atoms with Gasteiger partial charge in [0.15, 0.2) is 0 Å². The summed E-state index contributed by atoms with van der Waals surface area (Å²) in [7, 11) is 0. The van der Waals surface area contributed by atoms with Gasteiger partial charge in [-0.15, -0.1) is 0 Å². The Balaban J connectivity index is 1.78. The van der Waals surface area contributed by atoms with Crippen molar-refractivity contribution in [2.24, 2.45) is 11.8 Å². The lowest BCUT2D eigenvalue weighted by Gasteiger charge is -2.41. The van der Waals surface area contributed by atoms with Gasteiger partial charge in [-0.3, -0.25) is 9.69 Å². The summed E-state index contributed by atoms with van der Waals surface area (Å²) in [6, 6.07) is 0.374. The molecular weight excluding hydrogens is 238 g/mol. The molecule has 0 aromatic heterocycles. The molecule has 1 amide bonds. The second-order valence-corrected chi connectivity index (χ2v) is 7.18. The van der Waals surface area contributed by atoms with E-state index in [9.17, 15) is 4.79 Å². The van der Waals surface area contributed by atoms with Gasteiger partial charge in [0.05, 0.1) is 5.92 Å². The zero-order chi connectivity index (χ0) is 14.0. The van der Waals surface area contributed by atoms with E-state index in [1.807, 2.05) is 0 Å². The minimum atomic E-state index is 0.167. The van der Waals surface area contributed by atoms with Crippen LogP contribution >= 0.6 is 0 Å². The minimum absolute atomic E-state index is 0.167. The Kier molecular flexibility index (Phi) is 4.51. The number of hydrogen-bond donors (Lipinski definition) is 2. The van der Waals surface area contributed by atoms with E-state index >= 15 is 0 Å². The van der Waals surface area contributed by atoms with E-state index in [1.165, 1.54) is 0 Å². The molecule has 0 saturated carbocycles. The van der Waals surface area contributed by atoms with E-state index in [0.717, 1.165) is 39.0 Å². The lowest BCUT2D eigenvalue weighted by atomic mass is 9.95. The number of nitrogens with one attached hydrogen (secondary N) is 2. The largest absolute Gasteiger partial charge is 0.353 e. The van der Waals surface area contributed by atoms with Crippen LogP contribution in [0.4, 0.5) is 0 Å². The van der Waals surface area contributed by atoms with Gasteiger partial charge >= 0.3 is 0 Å².